The van der Waals surface area contributed by atoms with E-state index in [0.717, 1.165) is 0 Å². The lowest BCUT2D eigenvalue weighted by atomic mass is 9.88. The van der Waals surface area contributed by atoms with E-state index < -0.39 is 17.8 Å². The Balaban J connectivity index is 1.70. The van der Waals surface area contributed by atoms with Crippen molar-refractivity contribution in [2.24, 2.45) is 11.8 Å². The molecule has 1 saturated heterocycles. The van der Waals surface area contributed by atoms with Gasteiger partial charge in [0.05, 0.1) is 10.6 Å². The van der Waals surface area contributed by atoms with Crippen LogP contribution in [0.5, 0.6) is 0 Å². The van der Waals surface area contributed by atoms with E-state index in [2.05, 4.69) is 10.6 Å². The summed E-state index contributed by atoms with van der Waals surface area (Å²) in [6.07, 6.45) is 1.06. The molecule has 0 aliphatic carbocycles. The monoisotopic (exact) mass is 473 g/mol. The molecule has 1 fully saturated rings. The van der Waals surface area contributed by atoms with Crippen LogP contribution in [0.3, 0.4) is 0 Å². The molecule has 2 aromatic carbocycles. The molecule has 0 spiro atoms. The number of carbonyl (C=O) groups excluding carboxylic acids is 3. The van der Waals surface area contributed by atoms with Gasteiger partial charge in [0.2, 0.25) is 5.91 Å². The third-order valence-electron chi connectivity index (χ3n) is 5.74. The van der Waals surface area contributed by atoms with Crippen LogP contribution in [-0.4, -0.2) is 48.3 Å². The standard InChI is InChI=1S/C25H29ClFN3O3/c1-16(2)15-28-24(32)22(29-23(31)20-8-3-4-9-21(20)26)17-10-12-30(13-11-17)25(33)18-6-5-7-19(27)14-18/h3-9,14,16-17,22H,10-13,15H2,1-2H3,(H,28,32)(H,29,31)/t22-/m0/s1. The molecule has 3 amide bonds. The Kier molecular flexibility index (Phi) is 8.44. The Morgan fingerprint density at radius 1 is 1.09 bits per heavy atom. The normalized spacial score (nSPS) is 15.2. The van der Waals surface area contributed by atoms with Crippen molar-refractivity contribution in [2.75, 3.05) is 19.6 Å². The molecule has 1 heterocycles. The largest absolute Gasteiger partial charge is 0.354 e. The van der Waals surface area contributed by atoms with Crippen LogP contribution in [0, 0.1) is 17.7 Å². The fourth-order valence-corrected chi connectivity index (χ4v) is 4.14. The second-order valence-corrected chi connectivity index (χ2v) is 9.12. The van der Waals surface area contributed by atoms with Crippen molar-refractivity contribution in [2.45, 2.75) is 32.7 Å². The summed E-state index contributed by atoms with van der Waals surface area (Å²) in [5.41, 5.74) is 0.603. The summed E-state index contributed by atoms with van der Waals surface area (Å²) in [4.78, 5) is 40.3. The van der Waals surface area contributed by atoms with Gasteiger partial charge in [-0.1, -0.05) is 43.6 Å². The first-order valence-electron chi connectivity index (χ1n) is 11.1. The second kappa shape index (κ2) is 11.3. The maximum atomic E-state index is 13.5. The van der Waals surface area contributed by atoms with Crippen molar-refractivity contribution < 1.29 is 18.8 Å². The highest BCUT2D eigenvalue weighted by Gasteiger charge is 2.34. The molecule has 1 atom stereocenters. The van der Waals surface area contributed by atoms with Crippen LogP contribution in [0.1, 0.15) is 47.4 Å². The maximum Gasteiger partial charge on any atom is 0.253 e. The summed E-state index contributed by atoms with van der Waals surface area (Å²) in [6, 6.07) is 11.5. The SMILES string of the molecule is CC(C)CNC(=O)[C@@H](NC(=O)c1ccccc1Cl)C1CCN(C(=O)c2cccc(F)c2)CC1. The zero-order chi connectivity index (χ0) is 24.0. The molecule has 0 unspecified atom stereocenters. The molecule has 0 saturated carbocycles. The molecule has 2 aromatic rings. The topological polar surface area (TPSA) is 78.5 Å². The Morgan fingerprint density at radius 2 is 1.79 bits per heavy atom. The van der Waals surface area contributed by atoms with Crippen LogP contribution in [0.25, 0.3) is 0 Å². The van der Waals surface area contributed by atoms with Crippen LogP contribution in [0.4, 0.5) is 4.39 Å². The molecule has 3 rings (SSSR count). The van der Waals surface area contributed by atoms with E-state index in [9.17, 15) is 18.8 Å². The lowest BCUT2D eigenvalue weighted by Gasteiger charge is -2.36. The molecule has 6 nitrogen and oxygen atoms in total. The first-order valence-corrected chi connectivity index (χ1v) is 11.5. The highest BCUT2D eigenvalue weighted by molar-refractivity contribution is 6.33. The van der Waals surface area contributed by atoms with Crippen LogP contribution in [-0.2, 0) is 4.79 Å². The fourth-order valence-electron chi connectivity index (χ4n) is 3.92. The quantitative estimate of drug-likeness (QED) is 0.640. The summed E-state index contributed by atoms with van der Waals surface area (Å²) >= 11 is 6.16. The summed E-state index contributed by atoms with van der Waals surface area (Å²) < 4.78 is 13.5. The summed E-state index contributed by atoms with van der Waals surface area (Å²) in [5, 5.41) is 6.08. The van der Waals surface area contributed by atoms with Gasteiger partial charge >= 0.3 is 0 Å². The third kappa shape index (κ3) is 6.54. The minimum absolute atomic E-state index is 0.153. The average molecular weight is 474 g/mol. The number of benzene rings is 2. The van der Waals surface area contributed by atoms with Gasteiger partial charge in [-0.2, -0.15) is 0 Å². The number of nitrogens with zero attached hydrogens (tertiary/aromatic N) is 1. The maximum absolute atomic E-state index is 13.5. The number of amides is 3. The first-order chi connectivity index (χ1) is 15.8. The molecule has 0 radical (unpaired) electrons. The number of halogens is 2. The van der Waals surface area contributed by atoms with E-state index in [-0.39, 0.29) is 23.7 Å². The number of nitrogens with one attached hydrogen (secondary N) is 2. The number of piperidine rings is 1. The summed E-state index contributed by atoms with van der Waals surface area (Å²) in [6.45, 7) is 5.31. The fraction of sp³-hybridized carbons (Fsp3) is 0.400. The van der Waals surface area contributed by atoms with Gasteiger partial charge in [0.15, 0.2) is 0 Å². The molecular formula is C25H29ClFN3O3. The van der Waals surface area contributed by atoms with Gasteiger partial charge in [-0.25, -0.2) is 4.39 Å². The van der Waals surface area contributed by atoms with Gasteiger partial charge in [0, 0.05) is 25.2 Å². The summed E-state index contributed by atoms with van der Waals surface area (Å²) in [5.74, 6) is -1.25. The molecule has 8 heteroatoms. The van der Waals surface area contributed by atoms with Crippen LogP contribution >= 0.6 is 11.6 Å². The highest BCUT2D eigenvalue weighted by Crippen LogP contribution is 2.24. The Hall–Kier alpha value is -2.93. The smallest absolute Gasteiger partial charge is 0.253 e. The Labute approximate surface area is 198 Å². The van der Waals surface area contributed by atoms with E-state index in [4.69, 9.17) is 11.6 Å². The molecule has 33 heavy (non-hydrogen) atoms. The van der Waals surface area contributed by atoms with Crippen LogP contribution < -0.4 is 10.6 Å². The van der Waals surface area contributed by atoms with Crippen LogP contribution in [0.2, 0.25) is 5.02 Å². The second-order valence-electron chi connectivity index (χ2n) is 8.71. The molecule has 0 bridgehead atoms. The van der Waals surface area contributed by atoms with Gasteiger partial charge in [0.1, 0.15) is 11.9 Å². The van der Waals surface area contributed by atoms with Crippen molar-refractivity contribution in [3.63, 3.8) is 0 Å². The van der Waals surface area contributed by atoms with E-state index in [1.165, 1.54) is 18.2 Å². The zero-order valence-corrected chi connectivity index (χ0v) is 19.6. The Morgan fingerprint density at radius 3 is 2.42 bits per heavy atom. The van der Waals surface area contributed by atoms with Crippen molar-refractivity contribution in [3.8, 4) is 0 Å². The molecule has 176 valence electrons. The van der Waals surface area contributed by atoms with Crippen molar-refractivity contribution in [1.29, 1.82) is 0 Å². The zero-order valence-electron chi connectivity index (χ0n) is 18.8. The van der Waals surface area contributed by atoms with Crippen molar-refractivity contribution in [3.05, 3.63) is 70.5 Å². The lowest BCUT2D eigenvalue weighted by molar-refractivity contribution is -0.124. The third-order valence-corrected chi connectivity index (χ3v) is 6.07. The van der Waals surface area contributed by atoms with E-state index in [1.54, 1.807) is 35.2 Å². The molecule has 1 aliphatic heterocycles. The Bertz CT molecular complexity index is 1010. The van der Waals surface area contributed by atoms with Gasteiger partial charge in [-0.15, -0.1) is 0 Å². The summed E-state index contributed by atoms with van der Waals surface area (Å²) in [7, 11) is 0. The number of hydrogen-bond donors (Lipinski definition) is 2. The number of carbonyl (C=O) groups is 3. The lowest BCUT2D eigenvalue weighted by Crippen LogP contribution is -2.54. The number of rotatable bonds is 7. The van der Waals surface area contributed by atoms with Gasteiger partial charge in [-0.3, -0.25) is 14.4 Å². The van der Waals surface area contributed by atoms with Crippen molar-refractivity contribution >= 4 is 29.3 Å². The van der Waals surface area contributed by atoms with Gasteiger partial charge < -0.3 is 15.5 Å². The molecule has 2 N–H and O–H groups in total. The van der Waals surface area contributed by atoms with E-state index >= 15 is 0 Å². The van der Waals surface area contributed by atoms with Crippen LogP contribution in [0.15, 0.2) is 48.5 Å². The molecular weight excluding hydrogens is 445 g/mol. The predicted molar refractivity (Wildman–Crippen MR) is 126 cm³/mol. The minimum Gasteiger partial charge on any atom is -0.354 e. The molecule has 1 aliphatic rings. The predicted octanol–water partition coefficient (Wildman–Crippen LogP) is 3.90. The molecule has 0 aromatic heterocycles. The van der Waals surface area contributed by atoms with E-state index in [1.807, 2.05) is 13.8 Å². The van der Waals surface area contributed by atoms with Gasteiger partial charge in [0.25, 0.3) is 11.8 Å². The van der Waals surface area contributed by atoms with Gasteiger partial charge in [-0.05, 0) is 55.0 Å². The first kappa shape index (κ1) is 24.7. The highest BCUT2D eigenvalue weighted by atomic mass is 35.5. The average Bonchev–Trinajstić information content (AvgIpc) is 2.81. The number of hydrogen-bond acceptors (Lipinski definition) is 3. The van der Waals surface area contributed by atoms with Crippen molar-refractivity contribution in [1.82, 2.24) is 15.5 Å². The number of likely N-dealkylation sites (tertiary alicyclic amines) is 1. The minimum atomic E-state index is -0.751. The van der Waals surface area contributed by atoms with E-state index in [0.29, 0.717) is 48.6 Å².